The molecule has 1 aliphatic rings. The number of nitrogens with zero attached hydrogens (tertiary/aromatic N) is 2. The SMILES string of the molecule is CS(=O)(=O)c1ccc(-c2cccc3c2OC(CNC(=O)c2cnn(-c4ccccc4)c2)C3)cc1. The fraction of sp³-hybridized carbons (Fsp3) is 0.154. The van der Waals surface area contributed by atoms with E-state index in [1.807, 2.05) is 48.5 Å². The maximum absolute atomic E-state index is 12.7. The zero-order chi connectivity index (χ0) is 23.7. The third-order valence-electron chi connectivity index (χ3n) is 5.78. The minimum atomic E-state index is -3.25. The second-order valence-corrected chi connectivity index (χ2v) is 10.3. The van der Waals surface area contributed by atoms with Gasteiger partial charge >= 0.3 is 0 Å². The van der Waals surface area contributed by atoms with E-state index in [4.69, 9.17) is 4.74 Å². The van der Waals surface area contributed by atoms with E-state index in [0.717, 1.165) is 28.1 Å². The summed E-state index contributed by atoms with van der Waals surface area (Å²) in [6.45, 7) is 0.358. The van der Waals surface area contributed by atoms with Gasteiger partial charge in [0.1, 0.15) is 11.9 Å². The number of hydrogen-bond acceptors (Lipinski definition) is 5. The molecule has 4 aromatic rings. The third-order valence-corrected chi connectivity index (χ3v) is 6.91. The van der Waals surface area contributed by atoms with Gasteiger partial charge in [-0.2, -0.15) is 5.10 Å². The standard InChI is InChI=1S/C26H23N3O4S/c1-34(31,32)23-12-10-18(11-13-23)24-9-5-6-19-14-22(33-25(19)24)16-27-26(30)20-15-28-29(17-20)21-7-3-2-4-8-21/h2-13,15,17,22H,14,16H2,1H3,(H,27,30). The van der Waals surface area contributed by atoms with Crippen molar-refractivity contribution in [2.24, 2.45) is 0 Å². The summed E-state index contributed by atoms with van der Waals surface area (Å²) in [6, 6.07) is 22.3. The Balaban J connectivity index is 1.25. The summed E-state index contributed by atoms with van der Waals surface area (Å²) < 4.78 is 31.4. The van der Waals surface area contributed by atoms with Crippen molar-refractivity contribution < 1.29 is 17.9 Å². The molecule has 0 saturated heterocycles. The highest BCUT2D eigenvalue weighted by atomic mass is 32.2. The second kappa shape index (κ2) is 8.79. The molecule has 1 atom stereocenters. The van der Waals surface area contributed by atoms with E-state index in [-0.39, 0.29) is 16.9 Å². The molecule has 1 aliphatic heterocycles. The zero-order valence-corrected chi connectivity index (χ0v) is 19.3. The summed E-state index contributed by atoms with van der Waals surface area (Å²) >= 11 is 0. The number of amides is 1. The van der Waals surface area contributed by atoms with Crippen LogP contribution in [0.4, 0.5) is 0 Å². The molecular weight excluding hydrogens is 450 g/mol. The Hall–Kier alpha value is -3.91. The summed E-state index contributed by atoms with van der Waals surface area (Å²) in [7, 11) is -3.25. The monoisotopic (exact) mass is 473 g/mol. The molecule has 34 heavy (non-hydrogen) atoms. The molecule has 1 N–H and O–H groups in total. The van der Waals surface area contributed by atoms with Crippen LogP contribution in [-0.4, -0.2) is 43.0 Å². The van der Waals surface area contributed by atoms with Gasteiger partial charge < -0.3 is 10.1 Å². The van der Waals surface area contributed by atoms with Gasteiger partial charge in [0.25, 0.3) is 5.91 Å². The van der Waals surface area contributed by atoms with Crippen molar-refractivity contribution in [1.29, 1.82) is 0 Å². The van der Waals surface area contributed by atoms with Crippen LogP contribution in [0.2, 0.25) is 0 Å². The van der Waals surface area contributed by atoms with E-state index in [9.17, 15) is 13.2 Å². The van der Waals surface area contributed by atoms with Crippen molar-refractivity contribution in [3.8, 4) is 22.6 Å². The molecule has 2 heterocycles. The topological polar surface area (TPSA) is 90.3 Å². The number of benzene rings is 3. The lowest BCUT2D eigenvalue weighted by Crippen LogP contribution is -2.34. The first kappa shape index (κ1) is 21.9. The van der Waals surface area contributed by atoms with Gasteiger partial charge in [-0.05, 0) is 35.4 Å². The molecule has 5 rings (SSSR count). The van der Waals surface area contributed by atoms with Crippen LogP contribution in [0.1, 0.15) is 15.9 Å². The maximum atomic E-state index is 12.7. The van der Waals surface area contributed by atoms with E-state index in [2.05, 4.69) is 10.4 Å². The summed E-state index contributed by atoms with van der Waals surface area (Å²) in [4.78, 5) is 12.9. The van der Waals surface area contributed by atoms with Crippen molar-refractivity contribution in [3.63, 3.8) is 0 Å². The highest BCUT2D eigenvalue weighted by Crippen LogP contribution is 2.38. The molecule has 0 spiro atoms. The lowest BCUT2D eigenvalue weighted by Gasteiger charge is -2.13. The number of carbonyl (C=O) groups is 1. The molecule has 1 unspecified atom stereocenters. The molecule has 8 heteroatoms. The van der Waals surface area contributed by atoms with E-state index < -0.39 is 9.84 Å². The van der Waals surface area contributed by atoms with Gasteiger partial charge in [-0.1, -0.05) is 48.5 Å². The zero-order valence-electron chi connectivity index (χ0n) is 18.5. The predicted molar refractivity (Wildman–Crippen MR) is 129 cm³/mol. The summed E-state index contributed by atoms with van der Waals surface area (Å²) in [5.74, 6) is 0.559. The predicted octanol–water partition coefficient (Wildman–Crippen LogP) is 3.68. The summed E-state index contributed by atoms with van der Waals surface area (Å²) in [5, 5.41) is 7.21. The van der Waals surface area contributed by atoms with Crippen LogP contribution >= 0.6 is 0 Å². The van der Waals surface area contributed by atoms with Crippen LogP contribution in [0.25, 0.3) is 16.8 Å². The molecule has 0 fully saturated rings. The fourth-order valence-corrected chi connectivity index (χ4v) is 4.66. The molecule has 1 amide bonds. The van der Waals surface area contributed by atoms with Crippen molar-refractivity contribution in [3.05, 3.63) is 96.3 Å². The highest BCUT2D eigenvalue weighted by molar-refractivity contribution is 7.90. The number of para-hydroxylation sites is 2. The van der Waals surface area contributed by atoms with Crippen LogP contribution in [0.15, 0.2) is 90.1 Å². The molecule has 172 valence electrons. The first-order chi connectivity index (χ1) is 16.4. The normalized spacial score (nSPS) is 14.9. The number of fused-ring (bicyclic) bond motifs is 1. The lowest BCUT2D eigenvalue weighted by molar-refractivity contribution is 0.0933. The van der Waals surface area contributed by atoms with Gasteiger partial charge in [-0.15, -0.1) is 0 Å². The molecular formula is C26H23N3O4S. The van der Waals surface area contributed by atoms with Crippen LogP contribution in [-0.2, 0) is 16.3 Å². The molecule has 7 nitrogen and oxygen atoms in total. The smallest absolute Gasteiger partial charge is 0.254 e. The van der Waals surface area contributed by atoms with E-state index >= 15 is 0 Å². The summed E-state index contributed by atoms with van der Waals surface area (Å²) in [5.41, 5.74) is 4.19. The Labute approximate surface area is 197 Å². The van der Waals surface area contributed by atoms with Crippen molar-refractivity contribution >= 4 is 15.7 Å². The Morgan fingerprint density at radius 3 is 2.56 bits per heavy atom. The Morgan fingerprint density at radius 2 is 1.82 bits per heavy atom. The molecule has 1 aromatic heterocycles. The highest BCUT2D eigenvalue weighted by Gasteiger charge is 2.26. The van der Waals surface area contributed by atoms with E-state index in [0.29, 0.717) is 18.5 Å². The van der Waals surface area contributed by atoms with Crippen LogP contribution < -0.4 is 10.1 Å². The number of ether oxygens (including phenoxy) is 1. The van der Waals surface area contributed by atoms with Crippen LogP contribution in [0.3, 0.4) is 0 Å². The average Bonchev–Trinajstić information content (AvgIpc) is 3.50. The van der Waals surface area contributed by atoms with Gasteiger partial charge in [0.05, 0.1) is 28.9 Å². The number of carbonyl (C=O) groups excluding carboxylic acids is 1. The first-order valence-corrected chi connectivity index (χ1v) is 12.7. The number of hydrogen-bond donors (Lipinski definition) is 1. The van der Waals surface area contributed by atoms with Gasteiger partial charge in [0.2, 0.25) is 0 Å². The maximum Gasteiger partial charge on any atom is 0.254 e. The first-order valence-electron chi connectivity index (χ1n) is 10.9. The Kier molecular flexibility index (Phi) is 5.67. The minimum absolute atomic E-state index is 0.195. The second-order valence-electron chi connectivity index (χ2n) is 8.25. The molecule has 0 aliphatic carbocycles. The van der Waals surface area contributed by atoms with Crippen molar-refractivity contribution in [1.82, 2.24) is 15.1 Å². The molecule has 0 saturated carbocycles. The quantitative estimate of drug-likeness (QED) is 0.461. The van der Waals surface area contributed by atoms with E-state index in [1.54, 1.807) is 41.3 Å². The van der Waals surface area contributed by atoms with Gasteiger partial charge in [-0.3, -0.25) is 4.79 Å². The molecule has 0 radical (unpaired) electrons. The third kappa shape index (κ3) is 4.45. The summed E-state index contributed by atoms with van der Waals surface area (Å²) in [6.07, 6.45) is 4.92. The average molecular weight is 474 g/mol. The Bertz CT molecular complexity index is 1450. The fourth-order valence-electron chi connectivity index (χ4n) is 4.03. The number of rotatable bonds is 6. The lowest BCUT2D eigenvalue weighted by atomic mass is 10.0. The minimum Gasteiger partial charge on any atom is -0.487 e. The molecule has 3 aromatic carbocycles. The van der Waals surface area contributed by atoms with E-state index in [1.165, 1.54) is 6.26 Å². The van der Waals surface area contributed by atoms with Gasteiger partial charge in [0.15, 0.2) is 9.84 Å². The Morgan fingerprint density at radius 1 is 1.06 bits per heavy atom. The van der Waals surface area contributed by atoms with Crippen molar-refractivity contribution in [2.75, 3.05) is 12.8 Å². The number of aromatic nitrogens is 2. The largest absolute Gasteiger partial charge is 0.487 e. The van der Waals surface area contributed by atoms with Crippen LogP contribution in [0.5, 0.6) is 5.75 Å². The molecule has 0 bridgehead atoms. The van der Waals surface area contributed by atoms with Crippen molar-refractivity contribution in [2.45, 2.75) is 17.4 Å². The van der Waals surface area contributed by atoms with Gasteiger partial charge in [-0.25, -0.2) is 13.1 Å². The number of sulfone groups is 1. The van der Waals surface area contributed by atoms with Crippen LogP contribution in [0, 0.1) is 0 Å². The van der Waals surface area contributed by atoms with Gasteiger partial charge in [0, 0.05) is 24.4 Å². The number of nitrogens with one attached hydrogen (secondary N) is 1.